The molecule has 0 aliphatic rings. The fraction of sp³-hybridized carbons (Fsp3) is 0.333. The Balaban J connectivity index is -0.000000621. The number of carbonyl (C=O) groups excluding carboxylic acids is 2. The van der Waals surface area contributed by atoms with Gasteiger partial charge in [0, 0.05) is 8.95 Å². The highest BCUT2D eigenvalue weighted by Gasteiger charge is 2.13. The summed E-state index contributed by atoms with van der Waals surface area (Å²) in [5.74, 6) is -0.0829. The van der Waals surface area contributed by atoms with Crippen LogP contribution in [0.25, 0.3) is 0 Å². The van der Waals surface area contributed by atoms with Gasteiger partial charge in [0.2, 0.25) is 5.91 Å². The zero-order chi connectivity index (χ0) is 22.0. The number of nitrogens with one attached hydrogen (secondary N) is 2. The summed E-state index contributed by atoms with van der Waals surface area (Å²) >= 11 is 6.49. The molecule has 150 valence electrons. The summed E-state index contributed by atoms with van der Waals surface area (Å²) in [6.45, 7) is 12.3. The van der Waals surface area contributed by atoms with Crippen molar-refractivity contribution in [3.8, 4) is 12.8 Å². The topological polar surface area (TPSA) is 98.7 Å². The van der Waals surface area contributed by atoms with Crippen molar-refractivity contribution in [2.45, 2.75) is 20.8 Å². The van der Waals surface area contributed by atoms with E-state index in [1.165, 1.54) is 0 Å². The minimum Gasteiger partial charge on any atom is -0.426 e. The van der Waals surface area contributed by atoms with Crippen molar-refractivity contribution in [1.29, 1.82) is 0 Å². The lowest BCUT2D eigenvalue weighted by Crippen LogP contribution is -2.41. The third kappa shape index (κ3) is 19.0. The molecular weight excluding hydrogens is 479 g/mol. The molecule has 0 unspecified atom stereocenters. The van der Waals surface area contributed by atoms with Crippen molar-refractivity contribution < 1.29 is 19.6 Å². The van der Waals surface area contributed by atoms with Crippen LogP contribution in [0.15, 0.2) is 40.3 Å². The molecule has 0 radical (unpaired) electrons. The Morgan fingerprint density at radius 2 is 1.63 bits per heavy atom. The molecule has 1 aromatic carbocycles. The van der Waals surface area contributed by atoms with Crippen molar-refractivity contribution in [2.75, 3.05) is 13.0 Å². The van der Waals surface area contributed by atoms with Crippen LogP contribution in [0.3, 0.4) is 0 Å². The van der Waals surface area contributed by atoms with Crippen LogP contribution in [0, 0.1) is 18.8 Å². The number of carbonyl (C=O) groups is 2. The van der Waals surface area contributed by atoms with E-state index in [2.05, 4.69) is 89.3 Å². The van der Waals surface area contributed by atoms with E-state index < -0.39 is 18.9 Å². The molecule has 9 heteroatoms. The minimum atomic E-state index is -1.61. The maximum atomic E-state index is 11.8. The van der Waals surface area contributed by atoms with Gasteiger partial charge in [0.25, 0.3) is 5.91 Å². The number of terminal acetylenes is 1. The maximum Gasteiger partial charge on any atom is 0.472 e. The first-order valence-corrected chi connectivity index (χ1v) is 9.41. The number of rotatable bonds is 5. The Hall–Kier alpha value is -1.60. The molecule has 4 N–H and O–H groups in total. The summed E-state index contributed by atoms with van der Waals surface area (Å²) in [6.07, 6.45) is 7.72. The van der Waals surface area contributed by atoms with Crippen LogP contribution in [-0.2, 0) is 4.79 Å². The lowest BCUT2D eigenvalue weighted by atomic mass is 9.92. The zero-order valence-corrected chi connectivity index (χ0v) is 19.0. The van der Waals surface area contributed by atoms with Gasteiger partial charge in [-0.25, -0.2) is 0 Å². The monoisotopic (exact) mass is 504 g/mol. The summed E-state index contributed by atoms with van der Waals surface area (Å²) in [6, 6.07) is 5.10. The molecule has 2 amide bonds. The molecule has 0 aliphatic heterocycles. The number of amides is 2. The normalized spacial score (nSPS) is 8.52. The van der Waals surface area contributed by atoms with Gasteiger partial charge >= 0.3 is 7.12 Å². The van der Waals surface area contributed by atoms with E-state index in [1.54, 1.807) is 18.2 Å². The van der Waals surface area contributed by atoms with Crippen LogP contribution in [0.5, 0.6) is 0 Å². The Morgan fingerprint density at radius 1 is 1.15 bits per heavy atom. The Bertz CT molecular complexity index is 579. The Labute approximate surface area is 179 Å². The smallest absolute Gasteiger partial charge is 0.426 e. The van der Waals surface area contributed by atoms with Gasteiger partial charge in [-0.3, -0.25) is 9.59 Å². The molecule has 6 nitrogen and oxygen atoms in total. The van der Waals surface area contributed by atoms with Crippen LogP contribution >= 0.6 is 31.9 Å². The van der Waals surface area contributed by atoms with Gasteiger partial charge < -0.3 is 20.7 Å². The summed E-state index contributed by atoms with van der Waals surface area (Å²) in [4.78, 5) is 23.1. The van der Waals surface area contributed by atoms with Crippen molar-refractivity contribution in [3.63, 3.8) is 0 Å². The molecule has 0 aliphatic carbocycles. The second kappa shape index (κ2) is 19.2. The van der Waals surface area contributed by atoms with E-state index in [9.17, 15) is 9.59 Å². The first-order chi connectivity index (χ1) is 12.6. The van der Waals surface area contributed by atoms with Crippen LogP contribution < -0.4 is 10.6 Å². The predicted molar refractivity (Wildman–Crippen MR) is 119 cm³/mol. The van der Waals surface area contributed by atoms with Crippen LogP contribution in [0.2, 0.25) is 0 Å². The second-order valence-corrected chi connectivity index (χ2v) is 7.09. The predicted octanol–water partition coefficient (Wildman–Crippen LogP) is 2.78. The number of benzene rings is 1. The molecule has 0 bridgehead atoms. The minimum absolute atomic E-state index is 0.246. The molecule has 0 saturated heterocycles. The van der Waals surface area contributed by atoms with Gasteiger partial charge in [0.1, 0.15) is 0 Å². The van der Waals surface area contributed by atoms with Gasteiger partial charge in [-0.05, 0) is 40.0 Å². The van der Waals surface area contributed by atoms with Gasteiger partial charge in [-0.1, -0.05) is 36.7 Å². The van der Waals surface area contributed by atoms with Crippen molar-refractivity contribution in [3.05, 3.63) is 45.9 Å². The first-order valence-electron chi connectivity index (χ1n) is 7.82. The second-order valence-electron chi connectivity index (χ2n) is 5.32. The summed E-state index contributed by atoms with van der Waals surface area (Å²) < 4.78 is 1.35. The highest BCUT2D eigenvalue weighted by atomic mass is 79.9. The van der Waals surface area contributed by atoms with Crippen molar-refractivity contribution >= 4 is 50.8 Å². The van der Waals surface area contributed by atoms with E-state index in [0.29, 0.717) is 10.0 Å². The SMILES string of the molecule is C#C.C=C.CC(C)C.O=C(CNC(=O)c1cc(Br)ccc1Br)NCB(O)O. The Kier molecular flexibility index (Phi) is 21.4. The molecular formula is C18H27BBr2N2O4. The highest BCUT2D eigenvalue weighted by molar-refractivity contribution is 9.11. The van der Waals surface area contributed by atoms with Crippen molar-refractivity contribution in [2.24, 2.45) is 5.92 Å². The van der Waals surface area contributed by atoms with Crippen LogP contribution in [0.1, 0.15) is 31.1 Å². The molecule has 0 heterocycles. The van der Waals surface area contributed by atoms with Crippen LogP contribution in [-0.4, -0.2) is 42.0 Å². The molecule has 0 spiro atoms. The Morgan fingerprint density at radius 3 is 2.07 bits per heavy atom. The average Bonchev–Trinajstić information content (AvgIpc) is 2.62. The van der Waals surface area contributed by atoms with E-state index >= 15 is 0 Å². The molecule has 0 fully saturated rings. The molecule has 1 aromatic rings. The fourth-order valence-corrected chi connectivity index (χ4v) is 1.98. The summed E-state index contributed by atoms with van der Waals surface area (Å²) in [7, 11) is -1.61. The van der Waals surface area contributed by atoms with Crippen LogP contribution in [0.4, 0.5) is 0 Å². The fourth-order valence-electron chi connectivity index (χ4n) is 1.19. The van der Waals surface area contributed by atoms with Gasteiger partial charge in [-0.15, -0.1) is 26.0 Å². The lowest BCUT2D eigenvalue weighted by molar-refractivity contribution is -0.119. The summed E-state index contributed by atoms with van der Waals surface area (Å²) in [5, 5.41) is 21.8. The molecule has 0 aromatic heterocycles. The van der Waals surface area contributed by atoms with E-state index in [-0.39, 0.29) is 13.0 Å². The van der Waals surface area contributed by atoms with E-state index in [1.807, 2.05) is 0 Å². The zero-order valence-electron chi connectivity index (χ0n) is 15.8. The van der Waals surface area contributed by atoms with E-state index in [4.69, 9.17) is 10.0 Å². The van der Waals surface area contributed by atoms with E-state index in [0.717, 1.165) is 10.4 Å². The van der Waals surface area contributed by atoms with Gasteiger partial charge in [-0.2, -0.15) is 0 Å². The largest absolute Gasteiger partial charge is 0.472 e. The maximum absolute atomic E-state index is 11.8. The first kappa shape index (κ1) is 30.1. The molecule has 27 heavy (non-hydrogen) atoms. The quantitative estimate of drug-likeness (QED) is 0.281. The third-order valence-electron chi connectivity index (χ3n) is 2.06. The number of hydrogen-bond donors (Lipinski definition) is 4. The average molecular weight is 506 g/mol. The summed E-state index contributed by atoms with van der Waals surface area (Å²) in [5.41, 5.74) is 0.393. The van der Waals surface area contributed by atoms with Crippen molar-refractivity contribution in [1.82, 2.24) is 10.6 Å². The molecule has 1 rings (SSSR count). The number of hydrogen-bond acceptors (Lipinski definition) is 4. The highest BCUT2D eigenvalue weighted by Crippen LogP contribution is 2.21. The van der Waals surface area contributed by atoms with Gasteiger partial charge in [0.05, 0.1) is 18.6 Å². The molecule has 0 atom stereocenters. The third-order valence-corrected chi connectivity index (χ3v) is 3.25. The van der Waals surface area contributed by atoms with Gasteiger partial charge in [0.15, 0.2) is 0 Å². The standard InChI is InChI=1S/C10H11BBr2N2O4.C4H10.C2H4.C2H2/c12-6-1-2-8(13)7(3-6)10(17)14-4-9(16)15-5-11(18)19;1-4(2)3;2*1-2/h1-3,18-19H,4-5H2,(H,14,17)(H,15,16);4H,1-3H3;1-2H2;1-2H. The lowest BCUT2D eigenvalue weighted by Gasteiger charge is -2.08. The molecule has 0 saturated carbocycles. The number of halogens is 2.